The van der Waals surface area contributed by atoms with Crippen LogP contribution in [0.5, 0.6) is 0 Å². The van der Waals surface area contributed by atoms with E-state index in [9.17, 15) is 4.79 Å². The van der Waals surface area contributed by atoms with Crippen LogP contribution in [-0.4, -0.2) is 33.8 Å². The van der Waals surface area contributed by atoms with Crippen LogP contribution in [0.25, 0.3) is 11.1 Å². The van der Waals surface area contributed by atoms with Crippen LogP contribution >= 0.6 is 0 Å². The molecule has 2 N–H and O–H groups in total. The zero-order chi connectivity index (χ0) is 16.7. The van der Waals surface area contributed by atoms with Gasteiger partial charge in [0.2, 0.25) is 5.91 Å². The van der Waals surface area contributed by atoms with Gasteiger partial charge in [0.05, 0.1) is 12.1 Å². The third-order valence-electron chi connectivity index (χ3n) is 4.47. The van der Waals surface area contributed by atoms with Crippen LogP contribution in [-0.2, 0) is 11.8 Å². The van der Waals surface area contributed by atoms with E-state index < -0.39 is 0 Å². The van der Waals surface area contributed by atoms with Gasteiger partial charge in [0.1, 0.15) is 5.52 Å². The molecule has 0 unspecified atom stereocenters. The summed E-state index contributed by atoms with van der Waals surface area (Å²) in [4.78, 5) is 17.0. The SMILES string of the molecule is Cc1nc2ccc(NC(=O)[C@H]3CNC[C@@H]3c3cnn(C)c3)cc2o1. The van der Waals surface area contributed by atoms with Crippen LogP contribution in [0.2, 0.25) is 0 Å². The van der Waals surface area contributed by atoms with Gasteiger partial charge in [-0.3, -0.25) is 9.48 Å². The molecule has 1 aromatic carbocycles. The van der Waals surface area contributed by atoms with Gasteiger partial charge in [-0.2, -0.15) is 5.10 Å². The molecule has 1 aliphatic heterocycles. The number of carbonyl (C=O) groups is 1. The minimum Gasteiger partial charge on any atom is -0.441 e. The number of hydrogen-bond donors (Lipinski definition) is 2. The molecule has 1 amide bonds. The van der Waals surface area contributed by atoms with Gasteiger partial charge in [-0.05, 0) is 17.7 Å². The van der Waals surface area contributed by atoms with E-state index in [1.807, 2.05) is 37.6 Å². The molecule has 7 nitrogen and oxygen atoms in total. The molecule has 1 aliphatic rings. The van der Waals surface area contributed by atoms with E-state index in [0.29, 0.717) is 18.0 Å². The Morgan fingerprint density at radius 3 is 3.08 bits per heavy atom. The lowest BCUT2D eigenvalue weighted by molar-refractivity contribution is -0.119. The summed E-state index contributed by atoms with van der Waals surface area (Å²) in [5.41, 5.74) is 3.28. The summed E-state index contributed by atoms with van der Waals surface area (Å²) in [6.45, 7) is 3.25. The number of aromatic nitrogens is 3. The Balaban J connectivity index is 1.53. The Morgan fingerprint density at radius 2 is 2.29 bits per heavy atom. The summed E-state index contributed by atoms with van der Waals surface area (Å²) in [5.74, 6) is 0.630. The van der Waals surface area contributed by atoms with Gasteiger partial charge < -0.3 is 15.1 Å². The third-order valence-corrected chi connectivity index (χ3v) is 4.47. The highest BCUT2D eigenvalue weighted by Crippen LogP contribution is 2.29. The number of rotatable bonds is 3. The van der Waals surface area contributed by atoms with E-state index >= 15 is 0 Å². The van der Waals surface area contributed by atoms with Crippen molar-refractivity contribution in [2.24, 2.45) is 13.0 Å². The quantitative estimate of drug-likeness (QED) is 0.767. The summed E-state index contributed by atoms with van der Waals surface area (Å²) in [6, 6.07) is 5.52. The molecule has 4 rings (SSSR count). The minimum absolute atomic E-state index is 0.00411. The highest BCUT2D eigenvalue weighted by Gasteiger charge is 2.34. The Morgan fingerprint density at radius 1 is 1.42 bits per heavy atom. The van der Waals surface area contributed by atoms with Crippen LogP contribution in [0, 0.1) is 12.8 Å². The molecule has 1 saturated heterocycles. The molecule has 1 fully saturated rings. The largest absolute Gasteiger partial charge is 0.441 e. The fourth-order valence-corrected chi connectivity index (χ4v) is 3.29. The predicted octanol–water partition coefficient (Wildman–Crippen LogP) is 1.81. The molecule has 24 heavy (non-hydrogen) atoms. The minimum atomic E-state index is -0.124. The van der Waals surface area contributed by atoms with Crippen molar-refractivity contribution in [3.05, 3.63) is 42.0 Å². The van der Waals surface area contributed by atoms with E-state index in [0.717, 1.165) is 23.3 Å². The third kappa shape index (κ3) is 2.67. The van der Waals surface area contributed by atoms with Gasteiger partial charge in [-0.1, -0.05) is 0 Å². The molecule has 0 aliphatic carbocycles. The summed E-state index contributed by atoms with van der Waals surface area (Å²) in [7, 11) is 1.88. The summed E-state index contributed by atoms with van der Waals surface area (Å²) >= 11 is 0. The smallest absolute Gasteiger partial charge is 0.229 e. The summed E-state index contributed by atoms with van der Waals surface area (Å²) in [5, 5.41) is 10.5. The normalized spacial score (nSPS) is 20.6. The van der Waals surface area contributed by atoms with E-state index in [-0.39, 0.29) is 17.7 Å². The second-order valence-electron chi connectivity index (χ2n) is 6.22. The van der Waals surface area contributed by atoms with Crippen molar-refractivity contribution in [2.45, 2.75) is 12.8 Å². The van der Waals surface area contributed by atoms with Crippen LogP contribution in [0.15, 0.2) is 35.0 Å². The first-order valence-corrected chi connectivity index (χ1v) is 7.97. The zero-order valence-corrected chi connectivity index (χ0v) is 13.6. The van der Waals surface area contributed by atoms with Gasteiger partial charge in [0, 0.05) is 50.9 Å². The van der Waals surface area contributed by atoms with Crippen LogP contribution in [0.3, 0.4) is 0 Å². The van der Waals surface area contributed by atoms with Crippen molar-refractivity contribution in [3.8, 4) is 0 Å². The van der Waals surface area contributed by atoms with Gasteiger partial charge in [-0.15, -0.1) is 0 Å². The van der Waals surface area contributed by atoms with Crippen LogP contribution in [0.1, 0.15) is 17.4 Å². The molecule has 0 saturated carbocycles. The Kier molecular flexibility index (Phi) is 3.57. The Labute approximate surface area is 139 Å². The van der Waals surface area contributed by atoms with E-state index in [2.05, 4.69) is 20.7 Å². The number of fused-ring (bicyclic) bond motifs is 1. The lowest BCUT2D eigenvalue weighted by Gasteiger charge is -2.17. The van der Waals surface area contributed by atoms with Crippen LogP contribution in [0.4, 0.5) is 5.69 Å². The summed E-state index contributed by atoms with van der Waals surface area (Å²) < 4.78 is 7.29. The maximum Gasteiger partial charge on any atom is 0.229 e. The number of carbonyl (C=O) groups excluding carboxylic acids is 1. The number of hydrogen-bond acceptors (Lipinski definition) is 5. The first kappa shape index (κ1) is 14.9. The van der Waals surface area contributed by atoms with Crippen LogP contribution < -0.4 is 10.6 Å². The second-order valence-corrected chi connectivity index (χ2v) is 6.22. The lowest BCUT2D eigenvalue weighted by atomic mass is 9.90. The molecule has 0 bridgehead atoms. The number of anilines is 1. The Bertz CT molecular complexity index is 897. The van der Waals surface area contributed by atoms with Gasteiger partial charge >= 0.3 is 0 Å². The van der Waals surface area contributed by atoms with E-state index in [1.54, 1.807) is 11.6 Å². The fraction of sp³-hybridized carbons (Fsp3) is 0.353. The van der Waals surface area contributed by atoms with Gasteiger partial charge in [-0.25, -0.2) is 4.98 Å². The molecular formula is C17H19N5O2. The number of benzene rings is 1. The van der Waals surface area contributed by atoms with Crippen molar-refractivity contribution in [3.63, 3.8) is 0 Å². The standard InChI is InChI=1S/C17H19N5O2/c1-10-20-15-4-3-12(5-16(15)24-10)21-17(23)14-8-18-7-13(14)11-6-19-22(2)9-11/h3-6,9,13-14,18H,7-8H2,1-2H3,(H,21,23)/t13-,14+/m1/s1. The summed E-state index contributed by atoms with van der Waals surface area (Å²) in [6.07, 6.45) is 3.81. The molecule has 7 heteroatoms. The van der Waals surface area contributed by atoms with Crippen molar-refractivity contribution in [1.29, 1.82) is 0 Å². The maximum atomic E-state index is 12.7. The molecule has 3 aromatic rings. The highest BCUT2D eigenvalue weighted by atomic mass is 16.3. The van der Waals surface area contributed by atoms with Gasteiger partial charge in [0.25, 0.3) is 0 Å². The molecule has 0 radical (unpaired) electrons. The molecule has 3 heterocycles. The van der Waals surface area contributed by atoms with Gasteiger partial charge in [0.15, 0.2) is 11.5 Å². The van der Waals surface area contributed by atoms with Crippen molar-refractivity contribution in [2.75, 3.05) is 18.4 Å². The van der Waals surface area contributed by atoms with Crippen molar-refractivity contribution >= 4 is 22.7 Å². The number of nitrogens with one attached hydrogen (secondary N) is 2. The number of amides is 1. The average molecular weight is 325 g/mol. The first-order chi connectivity index (χ1) is 11.6. The fourth-order valence-electron chi connectivity index (χ4n) is 3.29. The average Bonchev–Trinajstić information content (AvgIpc) is 3.24. The number of aryl methyl sites for hydroxylation is 2. The number of oxazole rings is 1. The van der Waals surface area contributed by atoms with E-state index in [4.69, 9.17) is 4.42 Å². The Hall–Kier alpha value is -2.67. The van der Waals surface area contributed by atoms with Crippen molar-refractivity contribution < 1.29 is 9.21 Å². The molecule has 124 valence electrons. The topological polar surface area (TPSA) is 85.0 Å². The molecule has 2 aromatic heterocycles. The van der Waals surface area contributed by atoms with E-state index in [1.165, 1.54) is 0 Å². The first-order valence-electron chi connectivity index (χ1n) is 7.97. The molecule has 2 atom stereocenters. The zero-order valence-electron chi connectivity index (χ0n) is 13.6. The second kappa shape index (κ2) is 5.76. The monoisotopic (exact) mass is 325 g/mol. The maximum absolute atomic E-state index is 12.7. The van der Waals surface area contributed by atoms with Crippen molar-refractivity contribution in [1.82, 2.24) is 20.1 Å². The number of nitrogens with zero attached hydrogens (tertiary/aromatic N) is 3. The lowest BCUT2D eigenvalue weighted by Crippen LogP contribution is -2.28. The molecular weight excluding hydrogens is 306 g/mol. The predicted molar refractivity (Wildman–Crippen MR) is 89.7 cm³/mol. The molecule has 0 spiro atoms. The highest BCUT2D eigenvalue weighted by molar-refractivity contribution is 5.95.